The average molecular weight is 421 g/mol. The molecule has 3 aromatic rings. The first kappa shape index (κ1) is 19.1. The van der Waals surface area contributed by atoms with E-state index in [1.165, 1.54) is 11.1 Å². The summed E-state index contributed by atoms with van der Waals surface area (Å²) in [4.78, 5) is -0.352. The Hall–Kier alpha value is -2.86. The normalized spacial score (nSPS) is 22.8. The van der Waals surface area contributed by atoms with Gasteiger partial charge in [-0.05, 0) is 43.5 Å². The molecular weight excluding hydrogens is 396 g/mol. The zero-order chi connectivity index (χ0) is 20.9. The van der Waals surface area contributed by atoms with Gasteiger partial charge in [-0.25, -0.2) is 4.68 Å². The Balaban J connectivity index is 1.59. The first-order valence-electron chi connectivity index (χ1n) is 10.3. The first-order chi connectivity index (χ1) is 14.4. The average Bonchev–Trinajstić information content (AvgIpc) is 3.25. The van der Waals surface area contributed by atoms with E-state index in [-0.39, 0.29) is 10.9 Å². The summed E-state index contributed by atoms with van der Waals surface area (Å²) in [6, 6.07) is 6.79. The van der Waals surface area contributed by atoms with Gasteiger partial charge >= 0.3 is 0 Å². The monoisotopic (exact) mass is 420 g/mol. The molecule has 0 saturated heterocycles. The quantitative estimate of drug-likeness (QED) is 0.632. The lowest BCUT2D eigenvalue weighted by Crippen LogP contribution is -2.27. The number of rotatable bonds is 3. The van der Waals surface area contributed by atoms with Gasteiger partial charge in [-0.15, -0.1) is 16.7 Å². The van der Waals surface area contributed by atoms with Crippen LogP contribution in [0.1, 0.15) is 37.1 Å². The first-order valence-corrected chi connectivity index (χ1v) is 10.6. The summed E-state index contributed by atoms with van der Waals surface area (Å²) in [5.74, 6) is 0. The van der Waals surface area contributed by atoms with Gasteiger partial charge in [-0.1, -0.05) is 29.5 Å². The van der Waals surface area contributed by atoms with Gasteiger partial charge in [0.25, 0.3) is 0 Å². The molecule has 0 amide bonds. The molecule has 0 saturated carbocycles. The number of hydrogen-bond donors (Lipinski definition) is 1. The number of hydrogen-bond acceptors (Lipinski definition) is 4. The van der Waals surface area contributed by atoms with Crippen LogP contribution >= 0.6 is 11.6 Å². The molecule has 30 heavy (non-hydrogen) atoms. The van der Waals surface area contributed by atoms with Crippen molar-refractivity contribution < 1.29 is 0 Å². The van der Waals surface area contributed by atoms with Gasteiger partial charge in [0.05, 0.1) is 28.5 Å². The molecule has 1 aliphatic carbocycles. The number of nitrogens with one attached hydrogen (secondary N) is 1. The molecule has 0 fully saturated rings. The third kappa shape index (κ3) is 3.45. The molecule has 0 spiro atoms. The molecule has 5 rings (SSSR count). The predicted molar refractivity (Wildman–Crippen MR) is 119 cm³/mol. The van der Waals surface area contributed by atoms with Crippen LogP contribution in [0.4, 0.5) is 0 Å². The summed E-state index contributed by atoms with van der Waals surface area (Å²) in [6.45, 7) is 4.89. The van der Waals surface area contributed by atoms with Crippen molar-refractivity contribution in [3.05, 3.63) is 65.8 Å². The van der Waals surface area contributed by atoms with E-state index in [1.54, 1.807) is 0 Å². The topological polar surface area (TPSA) is 60.6 Å². The summed E-state index contributed by atoms with van der Waals surface area (Å²) in [7, 11) is 1.94. The molecule has 3 heterocycles. The lowest BCUT2D eigenvalue weighted by Gasteiger charge is -2.28. The molecular formula is C23H25ClN6. The van der Waals surface area contributed by atoms with Crippen LogP contribution in [-0.4, -0.2) is 29.6 Å². The molecule has 7 heteroatoms. The Morgan fingerprint density at radius 1 is 1.27 bits per heavy atom. The van der Waals surface area contributed by atoms with Crippen LogP contribution in [0.3, 0.4) is 0 Å². The van der Waals surface area contributed by atoms with E-state index in [4.69, 9.17) is 11.6 Å². The molecule has 0 bridgehead atoms. The number of benzene rings is 1. The fourth-order valence-electron chi connectivity index (χ4n) is 4.44. The minimum atomic E-state index is -0.352. The molecule has 1 aliphatic heterocycles. The Kier molecular flexibility index (Phi) is 4.54. The maximum Gasteiger partial charge on any atom is 0.0918 e. The molecule has 2 atom stereocenters. The van der Waals surface area contributed by atoms with Crippen molar-refractivity contribution in [3.8, 4) is 22.4 Å². The molecule has 2 aliphatic rings. The second kappa shape index (κ2) is 7.13. The van der Waals surface area contributed by atoms with Crippen molar-refractivity contribution in [2.75, 3.05) is 0 Å². The van der Waals surface area contributed by atoms with Crippen molar-refractivity contribution in [2.45, 2.75) is 44.1 Å². The summed E-state index contributed by atoms with van der Waals surface area (Å²) in [6.07, 6.45) is 11.9. The van der Waals surface area contributed by atoms with E-state index in [2.05, 4.69) is 45.0 Å². The summed E-state index contributed by atoms with van der Waals surface area (Å²) in [5, 5.41) is 16.8. The Bertz CT molecular complexity index is 1170. The van der Waals surface area contributed by atoms with Gasteiger partial charge < -0.3 is 5.32 Å². The molecule has 2 aromatic heterocycles. The van der Waals surface area contributed by atoms with Crippen LogP contribution in [0.2, 0.25) is 0 Å². The molecule has 1 N–H and O–H groups in total. The van der Waals surface area contributed by atoms with Crippen LogP contribution in [0.25, 0.3) is 22.4 Å². The van der Waals surface area contributed by atoms with Crippen LogP contribution in [0.15, 0.2) is 54.5 Å². The Morgan fingerprint density at radius 3 is 2.90 bits per heavy atom. The maximum atomic E-state index is 6.60. The zero-order valence-corrected chi connectivity index (χ0v) is 18.2. The molecule has 0 radical (unpaired) electrons. The van der Waals surface area contributed by atoms with Crippen molar-refractivity contribution in [1.29, 1.82) is 0 Å². The number of fused-ring (bicyclic) bond motifs is 3. The third-order valence-corrected chi connectivity index (χ3v) is 6.15. The number of allylic oxidation sites excluding steroid dienone is 4. The Morgan fingerprint density at radius 2 is 2.13 bits per heavy atom. The summed E-state index contributed by atoms with van der Waals surface area (Å²) < 4.78 is 3.86. The number of aromatic nitrogens is 5. The summed E-state index contributed by atoms with van der Waals surface area (Å²) >= 11 is 6.60. The minimum Gasteiger partial charge on any atom is -0.381 e. The zero-order valence-electron chi connectivity index (χ0n) is 17.4. The van der Waals surface area contributed by atoms with Gasteiger partial charge in [0.2, 0.25) is 0 Å². The lowest BCUT2D eigenvalue weighted by atomic mass is 9.92. The van der Waals surface area contributed by atoms with Crippen molar-refractivity contribution in [2.24, 2.45) is 7.05 Å². The van der Waals surface area contributed by atoms with Gasteiger partial charge in [-0.2, -0.15) is 5.10 Å². The van der Waals surface area contributed by atoms with E-state index in [0.29, 0.717) is 0 Å². The van der Waals surface area contributed by atoms with Gasteiger partial charge in [0.15, 0.2) is 0 Å². The van der Waals surface area contributed by atoms with Gasteiger partial charge in [-0.3, -0.25) is 4.68 Å². The highest BCUT2D eigenvalue weighted by atomic mass is 35.5. The van der Waals surface area contributed by atoms with Crippen molar-refractivity contribution in [3.63, 3.8) is 0 Å². The van der Waals surface area contributed by atoms with Crippen LogP contribution in [0, 0.1) is 6.92 Å². The minimum absolute atomic E-state index is 0.155. The number of aryl methyl sites for hydroxylation is 3. The summed E-state index contributed by atoms with van der Waals surface area (Å²) in [5.41, 5.74) is 7.93. The predicted octanol–water partition coefficient (Wildman–Crippen LogP) is 4.53. The highest BCUT2D eigenvalue weighted by Gasteiger charge is 2.28. The van der Waals surface area contributed by atoms with E-state index in [9.17, 15) is 0 Å². The lowest BCUT2D eigenvalue weighted by molar-refractivity contribution is 0.471. The van der Waals surface area contributed by atoms with Crippen molar-refractivity contribution >= 4 is 11.6 Å². The third-order valence-electron chi connectivity index (χ3n) is 5.89. The standard InChI is InChI=1S/C23H25ClN6/c1-15-22-19-7-6-16(17-13-25-29(3)14-17)11-20(19)21(8-10-30(22)28-27-15)26-18-5-4-9-23(2,24)12-18/h4-7,9,11,13-14,21,26H,8,10,12H2,1-3H3. The smallest absolute Gasteiger partial charge is 0.0918 e. The molecule has 6 nitrogen and oxygen atoms in total. The van der Waals surface area contributed by atoms with E-state index >= 15 is 0 Å². The second-order valence-electron chi connectivity index (χ2n) is 8.44. The van der Waals surface area contributed by atoms with Gasteiger partial charge in [0.1, 0.15) is 0 Å². The number of alkyl halides is 1. The molecule has 154 valence electrons. The highest BCUT2D eigenvalue weighted by Crippen LogP contribution is 2.39. The maximum absolute atomic E-state index is 6.60. The van der Waals surface area contributed by atoms with E-state index < -0.39 is 0 Å². The largest absolute Gasteiger partial charge is 0.381 e. The van der Waals surface area contributed by atoms with Crippen LogP contribution in [0.5, 0.6) is 0 Å². The fourth-order valence-corrected chi connectivity index (χ4v) is 4.66. The second-order valence-corrected chi connectivity index (χ2v) is 9.31. The number of halogens is 1. The SMILES string of the molecule is Cc1nnn2c1-c1ccc(-c3cnn(C)c3)cc1C(NC1=CC=CC(C)(Cl)C1)CC2. The molecule has 2 unspecified atom stereocenters. The van der Waals surface area contributed by atoms with Crippen LogP contribution in [-0.2, 0) is 13.6 Å². The molecule has 1 aromatic carbocycles. The van der Waals surface area contributed by atoms with Crippen molar-refractivity contribution in [1.82, 2.24) is 30.1 Å². The highest BCUT2D eigenvalue weighted by molar-refractivity contribution is 6.25. The van der Waals surface area contributed by atoms with E-state index in [0.717, 1.165) is 47.6 Å². The fraction of sp³-hybridized carbons (Fsp3) is 0.348. The number of nitrogens with zero attached hydrogens (tertiary/aromatic N) is 5. The van der Waals surface area contributed by atoms with E-state index in [1.807, 2.05) is 54.8 Å². The van der Waals surface area contributed by atoms with Gasteiger partial charge in [0, 0.05) is 43.0 Å². The van der Waals surface area contributed by atoms with Crippen LogP contribution < -0.4 is 5.32 Å². The Labute approximate surface area is 181 Å².